The number of ether oxygens (including phenoxy) is 2. The van der Waals surface area contributed by atoms with Gasteiger partial charge in [-0.25, -0.2) is 4.79 Å². The third kappa shape index (κ3) is 3.56. The molecule has 0 aliphatic rings. The summed E-state index contributed by atoms with van der Waals surface area (Å²) in [5.41, 5.74) is 0. The molecule has 4 atom stereocenters. The Morgan fingerprint density at radius 1 is 1.47 bits per heavy atom. The van der Waals surface area contributed by atoms with Crippen LogP contribution in [0.5, 0.6) is 0 Å². The molecule has 0 aromatic rings. The van der Waals surface area contributed by atoms with E-state index in [4.69, 9.17) is 6.48 Å². The van der Waals surface area contributed by atoms with E-state index < -0.39 is 37.5 Å². The molecule has 0 fully saturated rings. The number of methoxy groups -OCH3 is 2. The van der Waals surface area contributed by atoms with Crippen LogP contribution in [0.15, 0.2) is 0 Å². The van der Waals surface area contributed by atoms with Crippen LogP contribution in [0, 0.1) is 0 Å². The highest BCUT2D eigenvalue weighted by Gasteiger charge is 2.36. The molecule has 0 bridgehead atoms. The van der Waals surface area contributed by atoms with Crippen molar-refractivity contribution >= 4 is 12.3 Å². The Morgan fingerprint density at radius 3 is 2.47 bits per heavy atom. The quantitative estimate of drug-likeness (QED) is 0.335. The van der Waals surface area contributed by atoms with Gasteiger partial charge in [0.25, 0.3) is 0 Å². The SMILES string of the molecule is [2H]CO[C@@H]([C@H](O)[C@@H](O)C=O)[C@H](O)C(=O)OC. The summed E-state index contributed by atoms with van der Waals surface area (Å²) in [6.45, 7) is 0. The molecule has 0 saturated carbocycles. The van der Waals surface area contributed by atoms with Crippen molar-refractivity contribution in [2.45, 2.75) is 24.4 Å². The highest BCUT2D eigenvalue weighted by molar-refractivity contribution is 5.75. The minimum Gasteiger partial charge on any atom is -0.467 e. The Bertz CT molecular complexity index is 234. The fourth-order valence-electron chi connectivity index (χ4n) is 0.906. The van der Waals surface area contributed by atoms with Crippen LogP contribution in [0.2, 0.25) is 0 Å². The summed E-state index contributed by atoms with van der Waals surface area (Å²) in [6.07, 6.45) is -7.12. The second kappa shape index (κ2) is 6.46. The fourth-order valence-corrected chi connectivity index (χ4v) is 0.906. The van der Waals surface area contributed by atoms with E-state index in [-0.39, 0.29) is 6.29 Å². The summed E-state index contributed by atoms with van der Waals surface area (Å²) in [6, 6.07) is 0. The van der Waals surface area contributed by atoms with Gasteiger partial charge >= 0.3 is 5.97 Å². The third-order valence-electron chi connectivity index (χ3n) is 1.77. The van der Waals surface area contributed by atoms with Crippen molar-refractivity contribution in [1.29, 1.82) is 0 Å². The average molecular weight is 223 g/mol. The molecule has 0 heterocycles. The Morgan fingerprint density at radius 2 is 2.07 bits per heavy atom. The van der Waals surface area contributed by atoms with Gasteiger partial charge in [0.05, 0.1) is 8.48 Å². The standard InChI is InChI=1S/C8H14O7/c1-14-7(5(11)4(10)3-9)6(12)8(13)15-2/h3-7,10-12H,1-2H3/t4-,5+,6-,7-/m0/s1/i1D. The predicted octanol–water partition coefficient (Wildman–Crippen LogP) is -2.54. The van der Waals surface area contributed by atoms with E-state index in [9.17, 15) is 19.8 Å². The molecule has 0 rings (SSSR count). The van der Waals surface area contributed by atoms with Gasteiger partial charge in [-0.3, -0.25) is 0 Å². The van der Waals surface area contributed by atoms with E-state index in [0.717, 1.165) is 7.11 Å². The normalized spacial score (nSPS) is 19.6. The highest BCUT2D eigenvalue weighted by Crippen LogP contribution is 2.09. The molecule has 0 spiro atoms. The molecule has 0 aromatic carbocycles. The topological polar surface area (TPSA) is 113 Å². The zero-order valence-corrected chi connectivity index (χ0v) is 8.07. The van der Waals surface area contributed by atoms with Crippen LogP contribution in [0.25, 0.3) is 0 Å². The van der Waals surface area contributed by atoms with Crippen molar-refractivity contribution in [3.05, 3.63) is 0 Å². The van der Waals surface area contributed by atoms with E-state index in [0.29, 0.717) is 0 Å². The number of carbonyl (C=O) groups is 2. The summed E-state index contributed by atoms with van der Waals surface area (Å²) in [4.78, 5) is 21.2. The molecule has 0 aliphatic carbocycles. The van der Waals surface area contributed by atoms with Crippen molar-refractivity contribution in [3.63, 3.8) is 0 Å². The van der Waals surface area contributed by atoms with Crippen LogP contribution < -0.4 is 0 Å². The Balaban J connectivity index is 4.70. The molecule has 0 aromatic heterocycles. The number of aldehydes is 1. The lowest BCUT2D eigenvalue weighted by Gasteiger charge is -2.25. The average Bonchev–Trinajstić information content (AvgIpc) is 2.32. The minimum atomic E-state index is -1.89. The molecule has 3 N–H and O–H groups in total. The molecule has 0 radical (unpaired) electrons. The second-order valence-electron chi connectivity index (χ2n) is 2.72. The maximum Gasteiger partial charge on any atom is 0.337 e. The lowest BCUT2D eigenvalue weighted by Crippen LogP contribution is -2.49. The first kappa shape index (κ1) is 12.1. The van der Waals surface area contributed by atoms with Gasteiger partial charge in [-0.1, -0.05) is 0 Å². The molecule has 0 saturated heterocycles. The zero-order valence-electron chi connectivity index (χ0n) is 9.07. The number of rotatable bonds is 6. The van der Waals surface area contributed by atoms with Crippen molar-refractivity contribution in [2.24, 2.45) is 0 Å². The smallest absolute Gasteiger partial charge is 0.337 e. The minimum absolute atomic E-state index is 0.0228. The number of hydrogen-bond acceptors (Lipinski definition) is 7. The first-order valence-electron chi connectivity index (χ1n) is 4.68. The summed E-state index contributed by atoms with van der Waals surface area (Å²) in [5, 5.41) is 27.7. The molecule has 7 heteroatoms. The van der Waals surface area contributed by atoms with Crippen LogP contribution in [-0.4, -0.2) is 66.2 Å². The van der Waals surface area contributed by atoms with Crippen molar-refractivity contribution in [1.82, 2.24) is 0 Å². The van der Waals surface area contributed by atoms with Gasteiger partial charge in [-0.15, -0.1) is 0 Å². The second-order valence-corrected chi connectivity index (χ2v) is 2.72. The molecule has 7 nitrogen and oxygen atoms in total. The summed E-state index contributed by atoms with van der Waals surface area (Å²) in [5.74, 6) is -1.10. The van der Waals surface area contributed by atoms with Crippen LogP contribution in [0.4, 0.5) is 0 Å². The van der Waals surface area contributed by atoms with E-state index in [1.54, 1.807) is 0 Å². The van der Waals surface area contributed by atoms with Crippen LogP contribution >= 0.6 is 0 Å². The number of aliphatic hydroxyl groups excluding tert-OH is 3. The van der Waals surface area contributed by atoms with E-state index in [2.05, 4.69) is 9.47 Å². The van der Waals surface area contributed by atoms with E-state index in [1.165, 1.54) is 0 Å². The first-order valence-corrected chi connectivity index (χ1v) is 3.97. The van der Waals surface area contributed by atoms with Gasteiger partial charge in [-0.05, 0) is 0 Å². The molecular formula is C8H14O7. The predicted molar refractivity (Wildman–Crippen MR) is 46.9 cm³/mol. The van der Waals surface area contributed by atoms with Gasteiger partial charge in [0.15, 0.2) is 12.4 Å². The van der Waals surface area contributed by atoms with Gasteiger partial charge in [0.2, 0.25) is 0 Å². The van der Waals surface area contributed by atoms with Crippen molar-refractivity contribution in [2.75, 3.05) is 14.2 Å². The van der Waals surface area contributed by atoms with Gasteiger partial charge < -0.3 is 29.6 Å². The molecule has 0 aliphatic heterocycles. The summed E-state index contributed by atoms with van der Waals surface area (Å²) in [7, 11) is 0.340. The maximum absolute atomic E-state index is 10.9. The Hall–Kier alpha value is -1.02. The number of carbonyl (C=O) groups excluding carboxylic acids is 2. The number of hydrogen-bond donors (Lipinski definition) is 3. The first-order chi connectivity index (χ1) is 7.49. The maximum atomic E-state index is 10.9. The van der Waals surface area contributed by atoms with E-state index in [1.807, 2.05) is 0 Å². The van der Waals surface area contributed by atoms with Crippen LogP contribution in [-0.2, 0) is 19.1 Å². The molecule has 88 valence electrons. The number of esters is 1. The molecule has 0 amide bonds. The lowest BCUT2D eigenvalue weighted by molar-refractivity contribution is -0.170. The molecular weight excluding hydrogens is 208 g/mol. The molecule has 15 heavy (non-hydrogen) atoms. The van der Waals surface area contributed by atoms with Crippen molar-refractivity contribution in [3.8, 4) is 0 Å². The highest BCUT2D eigenvalue weighted by atomic mass is 16.6. The van der Waals surface area contributed by atoms with Gasteiger partial charge in [0.1, 0.15) is 18.3 Å². The monoisotopic (exact) mass is 223 g/mol. The van der Waals surface area contributed by atoms with Gasteiger partial charge in [0, 0.05) is 7.09 Å². The fraction of sp³-hybridized carbons (Fsp3) is 0.750. The Kier molecular flexibility index (Phi) is 5.19. The lowest BCUT2D eigenvalue weighted by atomic mass is 10.0. The van der Waals surface area contributed by atoms with Crippen LogP contribution in [0.3, 0.4) is 0 Å². The van der Waals surface area contributed by atoms with Crippen LogP contribution in [0.1, 0.15) is 1.37 Å². The van der Waals surface area contributed by atoms with E-state index >= 15 is 0 Å². The number of aliphatic hydroxyl groups is 3. The summed E-state index contributed by atoms with van der Waals surface area (Å²) < 4.78 is 15.5. The largest absolute Gasteiger partial charge is 0.467 e. The Labute approximate surface area is 87.6 Å². The third-order valence-corrected chi connectivity index (χ3v) is 1.77. The zero-order chi connectivity index (χ0) is 12.7. The van der Waals surface area contributed by atoms with Crippen molar-refractivity contribution < 1.29 is 35.8 Å². The van der Waals surface area contributed by atoms with Gasteiger partial charge in [-0.2, -0.15) is 0 Å². The summed E-state index contributed by atoms with van der Waals surface area (Å²) >= 11 is 0. The molecule has 0 unspecified atom stereocenters.